The van der Waals surface area contributed by atoms with E-state index in [-0.39, 0.29) is 4.90 Å². The maximum atomic E-state index is 12.2. The quantitative estimate of drug-likeness (QED) is 0.622. The van der Waals surface area contributed by atoms with Crippen molar-refractivity contribution in [1.29, 1.82) is 0 Å². The Hall–Kier alpha value is -2.19. The van der Waals surface area contributed by atoms with E-state index in [4.69, 9.17) is 4.74 Å². The van der Waals surface area contributed by atoms with E-state index in [9.17, 15) is 18.0 Å². The van der Waals surface area contributed by atoms with Gasteiger partial charge in [-0.3, -0.25) is 4.79 Å². The third-order valence-electron chi connectivity index (χ3n) is 2.88. The number of esters is 1. The molecule has 1 rings (SSSR count). The van der Waals surface area contributed by atoms with Gasteiger partial charge in [-0.05, 0) is 31.5 Å². The molecule has 0 radical (unpaired) electrons. The predicted molar refractivity (Wildman–Crippen MR) is 86.5 cm³/mol. The molecule has 0 atom stereocenters. The summed E-state index contributed by atoms with van der Waals surface area (Å²) in [6.45, 7) is 2.87. The first-order valence-corrected chi connectivity index (χ1v) is 8.25. The highest BCUT2D eigenvalue weighted by molar-refractivity contribution is 7.89. The monoisotopic (exact) mass is 340 g/mol. The molecule has 1 aromatic rings. The van der Waals surface area contributed by atoms with Crippen molar-refractivity contribution < 1.29 is 22.7 Å². The van der Waals surface area contributed by atoms with Gasteiger partial charge in [0.05, 0.1) is 4.90 Å². The fraction of sp³-hybridized carbons (Fsp3) is 0.333. The van der Waals surface area contributed by atoms with E-state index < -0.39 is 28.5 Å². The van der Waals surface area contributed by atoms with Crippen LogP contribution in [0.3, 0.4) is 0 Å². The van der Waals surface area contributed by atoms with E-state index in [0.717, 1.165) is 4.31 Å². The highest BCUT2D eigenvalue weighted by Gasteiger charge is 2.20. The molecular formula is C15H20N2O5S. The Kier molecular flexibility index (Phi) is 6.47. The minimum absolute atomic E-state index is 0.103. The second kappa shape index (κ2) is 7.89. The van der Waals surface area contributed by atoms with Gasteiger partial charge in [0.1, 0.15) is 0 Å². The molecule has 1 N–H and O–H groups in total. The molecule has 1 aromatic carbocycles. The van der Waals surface area contributed by atoms with E-state index >= 15 is 0 Å². The number of aryl methyl sites for hydroxylation is 1. The molecule has 0 unspecified atom stereocenters. The van der Waals surface area contributed by atoms with Crippen LogP contribution in [-0.4, -0.2) is 45.3 Å². The molecule has 0 saturated carbocycles. The van der Waals surface area contributed by atoms with Crippen LogP contribution in [0.5, 0.6) is 0 Å². The van der Waals surface area contributed by atoms with Crippen molar-refractivity contribution in [1.82, 2.24) is 4.31 Å². The molecule has 0 bridgehead atoms. The summed E-state index contributed by atoms with van der Waals surface area (Å²) in [5.41, 5.74) is 0.874. The van der Waals surface area contributed by atoms with Gasteiger partial charge >= 0.3 is 5.97 Å². The number of hydrogen-bond donors (Lipinski definition) is 1. The Morgan fingerprint density at radius 2 is 1.96 bits per heavy atom. The lowest BCUT2D eigenvalue weighted by Crippen LogP contribution is -2.24. The molecule has 0 heterocycles. The van der Waals surface area contributed by atoms with E-state index in [1.165, 1.54) is 32.3 Å². The number of ether oxygens (including phenoxy) is 1. The van der Waals surface area contributed by atoms with E-state index in [2.05, 4.69) is 5.32 Å². The van der Waals surface area contributed by atoms with Crippen LogP contribution in [0.25, 0.3) is 0 Å². The Bertz CT molecular complexity index is 723. The molecule has 0 aliphatic carbocycles. The number of benzene rings is 1. The first kappa shape index (κ1) is 18.9. The van der Waals surface area contributed by atoms with E-state index in [1.54, 1.807) is 26.0 Å². The minimum Gasteiger partial charge on any atom is -0.452 e. The smallest absolute Gasteiger partial charge is 0.330 e. The number of hydrogen-bond acceptors (Lipinski definition) is 5. The average Bonchev–Trinajstić information content (AvgIpc) is 2.47. The fourth-order valence-electron chi connectivity index (χ4n) is 1.67. The second-order valence-electron chi connectivity index (χ2n) is 4.92. The van der Waals surface area contributed by atoms with Crippen LogP contribution in [0.15, 0.2) is 35.2 Å². The fourth-order valence-corrected chi connectivity index (χ4v) is 2.81. The summed E-state index contributed by atoms with van der Waals surface area (Å²) in [5.74, 6) is -1.18. The third-order valence-corrected chi connectivity index (χ3v) is 4.84. The van der Waals surface area contributed by atoms with Crippen LogP contribution in [-0.2, 0) is 24.3 Å². The summed E-state index contributed by atoms with van der Waals surface area (Å²) in [5, 5.41) is 2.49. The molecular weight excluding hydrogens is 320 g/mol. The van der Waals surface area contributed by atoms with Gasteiger partial charge in [-0.2, -0.15) is 0 Å². The number of nitrogens with one attached hydrogen (secondary N) is 1. The predicted octanol–water partition coefficient (Wildman–Crippen LogP) is 1.30. The highest BCUT2D eigenvalue weighted by atomic mass is 32.2. The molecule has 0 aliphatic rings. The number of allylic oxidation sites excluding steroid dienone is 1. The number of nitrogens with zero attached hydrogens (tertiary/aromatic N) is 1. The van der Waals surface area contributed by atoms with Crippen LogP contribution in [0.1, 0.15) is 12.5 Å². The topological polar surface area (TPSA) is 92.8 Å². The SMILES string of the molecule is CC=CC(=O)OCC(=O)Nc1ccc(C)c(S(=O)(=O)N(C)C)c1. The summed E-state index contributed by atoms with van der Waals surface area (Å²) in [4.78, 5) is 23.0. The summed E-state index contributed by atoms with van der Waals surface area (Å²) < 4.78 is 30.2. The number of rotatable bonds is 6. The molecule has 1 amide bonds. The Morgan fingerprint density at radius 3 is 2.52 bits per heavy atom. The van der Waals surface area contributed by atoms with Gasteiger partial charge < -0.3 is 10.1 Å². The van der Waals surface area contributed by atoms with Crippen molar-refractivity contribution in [3.05, 3.63) is 35.9 Å². The lowest BCUT2D eigenvalue weighted by atomic mass is 10.2. The summed E-state index contributed by atoms with van der Waals surface area (Å²) in [6.07, 6.45) is 2.69. The number of anilines is 1. The molecule has 0 saturated heterocycles. The van der Waals surface area contributed by atoms with E-state index in [0.29, 0.717) is 11.3 Å². The average molecular weight is 340 g/mol. The maximum absolute atomic E-state index is 12.2. The van der Waals surface area contributed by atoms with E-state index in [1.807, 2.05) is 0 Å². The van der Waals surface area contributed by atoms with Gasteiger partial charge in [0.15, 0.2) is 6.61 Å². The maximum Gasteiger partial charge on any atom is 0.330 e. The number of carbonyl (C=O) groups excluding carboxylic acids is 2. The Labute approximate surface area is 136 Å². The zero-order valence-corrected chi connectivity index (χ0v) is 14.3. The second-order valence-corrected chi connectivity index (χ2v) is 7.04. The van der Waals surface area contributed by atoms with Crippen LogP contribution < -0.4 is 5.32 Å². The van der Waals surface area contributed by atoms with Gasteiger partial charge in [0.2, 0.25) is 10.0 Å². The summed E-state index contributed by atoms with van der Waals surface area (Å²) in [6, 6.07) is 4.55. The summed E-state index contributed by atoms with van der Waals surface area (Å²) in [7, 11) is -0.749. The van der Waals surface area contributed by atoms with Crippen LogP contribution >= 0.6 is 0 Å². The lowest BCUT2D eigenvalue weighted by Gasteiger charge is -2.15. The van der Waals surface area contributed by atoms with Crippen LogP contribution in [0, 0.1) is 6.92 Å². The van der Waals surface area contributed by atoms with Crippen LogP contribution in [0.2, 0.25) is 0 Å². The van der Waals surface area contributed by atoms with Crippen molar-refractivity contribution in [2.24, 2.45) is 0 Å². The molecule has 0 fully saturated rings. The molecule has 0 aliphatic heterocycles. The van der Waals surface area contributed by atoms with Crippen molar-refractivity contribution in [3.63, 3.8) is 0 Å². The lowest BCUT2D eigenvalue weighted by molar-refractivity contribution is -0.142. The molecule has 0 spiro atoms. The Morgan fingerprint density at radius 1 is 1.30 bits per heavy atom. The van der Waals surface area contributed by atoms with Crippen molar-refractivity contribution in [2.75, 3.05) is 26.0 Å². The van der Waals surface area contributed by atoms with Gasteiger partial charge in [-0.15, -0.1) is 0 Å². The van der Waals surface area contributed by atoms with Gasteiger partial charge in [0, 0.05) is 25.9 Å². The molecule has 7 nitrogen and oxygen atoms in total. The Balaban J connectivity index is 2.87. The normalized spacial score (nSPS) is 11.7. The van der Waals surface area contributed by atoms with Crippen LogP contribution in [0.4, 0.5) is 5.69 Å². The first-order chi connectivity index (χ1) is 10.7. The number of amides is 1. The minimum atomic E-state index is -3.61. The molecule has 0 aromatic heterocycles. The van der Waals surface area contributed by atoms with Crippen molar-refractivity contribution in [2.45, 2.75) is 18.7 Å². The van der Waals surface area contributed by atoms with Crippen molar-refractivity contribution >= 4 is 27.6 Å². The number of sulfonamides is 1. The van der Waals surface area contributed by atoms with Crippen molar-refractivity contribution in [3.8, 4) is 0 Å². The van der Waals surface area contributed by atoms with Gasteiger partial charge in [-0.25, -0.2) is 17.5 Å². The molecule has 23 heavy (non-hydrogen) atoms. The third kappa shape index (κ3) is 5.19. The first-order valence-electron chi connectivity index (χ1n) is 6.81. The molecule has 8 heteroatoms. The highest BCUT2D eigenvalue weighted by Crippen LogP contribution is 2.22. The largest absolute Gasteiger partial charge is 0.452 e. The zero-order chi connectivity index (χ0) is 17.6. The summed E-state index contributed by atoms with van der Waals surface area (Å²) >= 11 is 0. The standard InChI is InChI=1S/C15H20N2O5S/c1-5-6-15(19)22-10-14(18)16-12-8-7-11(2)13(9-12)23(20,21)17(3)4/h5-9H,10H2,1-4H3,(H,16,18). The molecule has 126 valence electrons. The zero-order valence-electron chi connectivity index (χ0n) is 13.5. The van der Waals surface area contributed by atoms with Gasteiger partial charge in [-0.1, -0.05) is 12.1 Å². The number of carbonyl (C=O) groups is 2. The van der Waals surface area contributed by atoms with Gasteiger partial charge in [0.25, 0.3) is 5.91 Å².